The molecular weight excluding hydrogens is 260 g/mol. The van der Waals surface area contributed by atoms with Crippen LogP contribution in [-0.4, -0.2) is 52.2 Å². The molecule has 0 radical (unpaired) electrons. The summed E-state index contributed by atoms with van der Waals surface area (Å²) < 4.78 is 7.17. The van der Waals surface area contributed by atoms with Crippen LogP contribution in [0.3, 0.4) is 0 Å². The van der Waals surface area contributed by atoms with Gasteiger partial charge in [-0.3, -0.25) is 9.59 Å². The van der Waals surface area contributed by atoms with E-state index >= 15 is 0 Å². The average molecular weight is 278 g/mol. The number of aryl methyl sites for hydroxylation is 1. The second-order valence-electron chi connectivity index (χ2n) is 5.11. The fourth-order valence-electron chi connectivity index (χ4n) is 2.54. The lowest BCUT2D eigenvalue weighted by atomic mass is 10.2. The Morgan fingerprint density at radius 3 is 3.10 bits per heavy atom. The van der Waals surface area contributed by atoms with Gasteiger partial charge in [0.05, 0.1) is 6.61 Å². The van der Waals surface area contributed by atoms with Gasteiger partial charge in [0.2, 0.25) is 11.8 Å². The molecule has 108 valence electrons. The molecule has 0 aromatic carbocycles. The van der Waals surface area contributed by atoms with E-state index in [2.05, 4.69) is 10.4 Å². The first-order valence-electron chi connectivity index (χ1n) is 6.96. The number of carbonyl (C=O) groups is 2. The molecule has 1 aromatic heterocycles. The standard InChI is InChI=1S/C13H18N4O3/c1-9-12(18)14-4-2-5-16(9)13(19)10-8-11-17(15-10)6-3-7-20-11/h8-9H,2-7H2,1H3,(H,14,18)/t9-/m0/s1. The molecule has 0 unspecified atom stereocenters. The van der Waals surface area contributed by atoms with Crippen LogP contribution in [0.15, 0.2) is 6.07 Å². The van der Waals surface area contributed by atoms with Crippen LogP contribution >= 0.6 is 0 Å². The second kappa shape index (κ2) is 5.15. The van der Waals surface area contributed by atoms with Crippen LogP contribution in [0.2, 0.25) is 0 Å². The Balaban J connectivity index is 1.83. The summed E-state index contributed by atoms with van der Waals surface area (Å²) in [5, 5.41) is 7.08. The number of rotatable bonds is 1. The van der Waals surface area contributed by atoms with Crippen molar-refractivity contribution in [2.24, 2.45) is 0 Å². The number of hydrogen-bond acceptors (Lipinski definition) is 4. The van der Waals surface area contributed by atoms with Crippen molar-refractivity contribution in [3.63, 3.8) is 0 Å². The predicted molar refractivity (Wildman–Crippen MR) is 70.5 cm³/mol. The van der Waals surface area contributed by atoms with Gasteiger partial charge in [-0.05, 0) is 13.3 Å². The minimum Gasteiger partial charge on any atom is -0.478 e. The SMILES string of the molecule is C[C@H]1C(=O)NCCCN1C(=O)c1cc2n(n1)CCCO2. The maximum Gasteiger partial charge on any atom is 0.275 e. The Morgan fingerprint density at radius 1 is 1.45 bits per heavy atom. The zero-order valence-corrected chi connectivity index (χ0v) is 11.5. The maximum absolute atomic E-state index is 12.5. The third-order valence-corrected chi connectivity index (χ3v) is 3.71. The summed E-state index contributed by atoms with van der Waals surface area (Å²) in [6, 6.07) is 1.20. The molecule has 0 saturated carbocycles. The Hall–Kier alpha value is -2.05. The van der Waals surface area contributed by atoms with E-state index in [0.717, 1.165) is 19.4 Å². The first-order valence-corrected chi connectivity index (χ1v) is 6.96. The number of fused-ring (bicyclic) bond motifs is 1. The monoisotopic (exact) mass is 278 g/mol. The Kier molecular flexibility index (Phi) is 3.33. The summed E-state index contributed by atoms with van der Waals surface area (Å²) in [5.41, 5.74) is 0.350. The number of ether oxygens (including phenoxy) is 1. The summed E-state index contributed by atoms with van der Waals surface area (Å²) in [7, 11) is 0. The summed E-state index contributed by atoms with van der Waals surface area (Å²) >= 11 is 0. The van der Waals surface area contributed by atoms with Crippen LogP contribution in [0.4, 0.5) is 0 Å². The van der Waals surface area contributed by atoms with Crippen molar-refractivity contribution < 1.29 is 14.3 Å². The summed E-state index contributed by atoms with van der Waals surface area (Å²) in [6.45, 7) is 4.32. The first kappa shape index (κ1) is 13.0. The van der Waals surface area contributed by atoms with Gasteiger partial charge < -0.3 is 15.0 Å². The van der Waals surface area contributed by atoms with Crippen molar-refractivity contribution in [2.45, 2.75) is 32.4 Å². The molecule has 2 aliphatic heterocycles. The van der Waals surface area contributed by atoms with Crippen molar-refractivity contribution in [1.29, 1.82) is 0 Å². The minimum atomic E-state index is -0.468. The Morgan fingerprint density at radius 2 is 2.30 bits per heavy atom. The van der Waals surface area contributed by atoms with Gasteiger partial charge in [-0.15, -0.1) is 0 Å². The molecule has 3 heterocycles. The molecular formula is C13H18N4O3. The van der Waals surface area contributed by atoms with Crippen LogP contribution < -0.4 is 10.1 Å². The van der Waals surface area contributed by atoms with Gasteiger partial charge in [-0.2, -0.15) is 5.10 Å². The number of hydrogen-bond donors (Lipinski definition) is 1. The highest BCUT2D eigenvalue weighted by Crippen LogP contribution is 2.20. The van der Waals surface area contributed by atoms with Gasteiger partial charge in [-0.1, -0.05) is 0 Å². The molecule has 1 saturated heterocycles. The molecule has 0 bridgehead atoms. The van der Waals surface area contributed by atoms with Gasteiger partial charge in [0.1, 0.15) is 6.04 Å². The number of nitrogens with one attached hydrogen (secondary N) is 1. The normalized spacial score (nSPS) is 22.6. The van der Waals surface area contributed by atoms with E-state index in [9.17, 15) is 9.59 Å². The first-order chi connectivity index (χ1) is 9.66. The lowest BCUT2D eigenvalue weighted by Gasteiger charge is -2.24. The van der Waals surface area contributed by atoms with E-state index in [1.54, 1.807) is 22.6 Å². The van der Waals surface area contributed by atoms with E-state index in [4.69, 9.17) is 4.74 Å². The van der Waals surface area contributed by atoms with Crippen molar-refractivity contribution in [1.82, 2.24) is 20.0 Å². The second-order valence-corrected chi connectivity index (χ2v) is 5.11. The van der Waals surface area contributed by atoms with Gasteiger partial charge >= 0.3 is 0 Å². The average Bonchev–Trinajstić information content (AvgIpc) is 2.82. The van der Waals surface area contributed by atoms with E-state index < -0.39 is 6.04 Å². The van der Waals surface area contributed by atoms with Crippen molar-refractivity contribution >= 4 is 11.8 Å². The molecule has 7 heteroatoms. The molecule has 0 aliphatic carbocycles. The van der Waals surface area contributed by atoms with E-state index in [0.29, 0.717) is 31.3 Å². The Labute approximate surface area is 116 Å². The molecule has 20 heavy (non-hydrogen) atoms. The fourth-order valence-corrected chi connectivity index (χ4v) is 2.54. The van der Waals surface area contributed by atoms with Crippen LogP contribution in [0.1, 0.15) is 30.3 Å². The third kappa shape index (κ3) is 2.23. The van der Waals surface area contributed by atoms with Gasteiger partial charge in [0, 0.05) is 32.1 Å². The summed E-state index contributed by atoms with van der Waals surface area (Å²) in [5.74, 6) is 0.308. The minimum absolute atomic E-state index is 0.115. The number of carbonyl (C=O) groups excluding carboxylic acids is 2. The topological polar surface area (TPSA) is 76.5 Å². The molecule has 0 spiro atoms. The zero-order valence-electron chi connectivity index (χ0n) is 11.5. The van der Waals surface area contributed by atoms with Crippen molar-refractivity contribution in [3.8, 4) is 5.88 Å². The molecule has 1 N–H and O–H groups in total. The largest absolute Gasteiger partial charge is 0.478 e. The molecule has 2 aliphatic rings. The highest BCUT2D eigenvalue weighted by Gasteiger charge is 2.30. The summed E-state index contributed by atoms with van der Waals surface area (Å²) in [4.78, 5) is 25.9. The van der Waals surface area contributed by atoms with Gasteiger partial charge in [-0.25, -0.2) is 4.68 Å². The predicted octanol–water partition coefficient (Wildman–Crippen LogP) is 0.0162. The lowest BCUT2D eigenvalue weighted by molar-refractivity contribution is -0.124. The molecule has 1 fully saturated rings. The van der Waals surface area contributed by atoms with Crippen molar-refractivity contribution in [3.05, 3.63) is 11.8 Å². The van der Waals surface area contributed by atoms with E-state index in [1.165, 1.54) is 0 Å². The fraction of sp³-hybridized carbons (Fsp3) is 0.615. The number of amides is 2. The number of aromatic nitrogens is 2. The van der Waals surface area contributed by atoms with E-state index in [-0.39, 0.29) is 11.8 Å². The smallest absolute Gasteiger partial charge is 0.275 e. The van der Waals surface area contributed by atoms with Crippen molar-refractivity contribution in [2.75, 3.05) is 19.7 Å². The maximum atomic E-state index is 12.5. The molecule has 3 rings (SSSR count). The Bertz CT molecular complexity index is 516. The van der Waals surface area contributed by atoms with Gasteiger partial charge in [0.25, 0.3) is 5.91 Å². The van der Waals surface area contributed by atoms with E-state index in [1.807, 2.05) is 0 Å². The molecule has 2 amide bonds. The highest BCUT2D eigenvalue weighted by atomic mass is 16.5. The van der Waals surface area contributed by atoms with Crippen LogP contribution in [0.25, 0.3) is 0 Å². The third-order valence-electron chi connectivity index (χ3n) is 3.71. The van der Waals surface area contributed by atoms with Crippen LogP contribution in [0, 0.1) is 0 Å². The lowest BCUT2D eigenvalue weighted by Crippen LogP contribution is -2.45. The number of nitrogens with zero attached hydrogens (tertiary/aromatic N) is 3. The molecule has 7 nitrogen and oxygen atoms in total. The highest BCUT2D eigenvalue weighted by molar-refractivity contribution is 5.96. The molecule has 1 aromatic rings. The quantitative estimate of drug-likeness (QED) is 0.785. The van der Waals surface area contributed by atoms with Crippen LogP contribution in [0.5, 0.6) is 5.88 Å². The van der Waals surface area contributed by atoms with Crippen LogP contribution in [-0.2, 0) is 11.3 Å². The van der Waals surface area contributed by atoms with Gasteiger partial charge in [0.15, 0.2) is 5.69 Å². The zero-order chi connectivity index (χ0) is 14.1. The molecule has 1 atom stereocenters. The summed E-state index contributed by atoms with van der Waals surface area (Å²) in [6.07, 6.45) is 1.65.